The first-order valence-corrected chi connectivity index (χ1v) is 39.9. The predicted octanol–water partition coefficient (Wildman–Crippen LogP) is -7.98. The molecule has 5 fully saturated rings. The van der Waals surface area contributed by atoms with Crippen molar-refractivity contribution in [2.75, 3.05) is 75.4 Å². The van der Waals surface area contributed by atoms with Crippen LogP contribution in [0.4, 0.5) is 0 Å². The molecular weight excluding hydrogens is 1490 g/mol. The van der Waals surface area contributed by atoms with Gasteiger partial charge in [0.15, 0.2) is 11.9 Å². The molecule has 610 valence electrons. The summed E-state index contributed by atoms with van der Waals surface area (Å²) in [5.74, 6) is -11.3. The summed E-state index contributed by atoms with van der Waals surface area (Å²) in [6.07, 6.45) is 3.30. The van der Waals surface area contributed by atoms with Crippen molar-refractivity contribution in [1.82, 2.24) is 62.1 Å². The minimum Gasteiger partial charge on any atom is -0.480 e. The van der Waals surface area contributed by atoms with E-state index in [1.54, 1.807) is 0 Å². The lowest BCUT2D eigenvalue weighted by molar-refractivity contribution is -0.148. The van der Waals surface area contributed by atoms with Gasteiger partial charge < -0.3 is 128 Å². The van der Waals surface area contributed by atoms with E-state index in [-0.39, 0.29) is 119 Å². The number of amides is 12. The minimum absolute atomic E-state index is 0.00959. The summed E-state index contributed by atoms with van der Waals surface area (Å²) < 4.78 is 0. The number of hydrogen-bond donors (Lipinski definition) is 22. The molecule has 5 aliphatic heterocycles. The molecule has 5 saturated heterocycles. The highest BCUT2D eigenvalue weighted by atomic mass is 33.1. The first-order valence-electron chi connectivity index (χ1n) is 36.2. The number of unbranched alkanes of at least 4 members (excludes halogenated alkanes) is 2. The fourth-order valence-electron chi connectivity index (χ4n) is 12.7. The third kappa shape index (κ3) is 28.9. The number of nitrogens with two attached hydrogens (primary N) is 8. The lowest BCUT2D eigenvalue weighted by atomic mass is 10.0. The molecule has 5 heterocycles. The number of nitrogens with zero attached hydrogens (tertiary/aromatic N) is 6. The maximum Gasteiger partial charge on any atom is 0.327 e. The van der Waals surface area contributed by atoms with Crippen molar-refractivity contribution in [3.63, 3.8) is 0 Å². The van der Waals surface area contributed by atoms with E-state index in [1.165, 1.54) is 33.4 Å². The van der Waals surface area contributed by atoms with E-state index < -0.39 is 180 Å². The van der Waals surface area contributed by atoms with E-state index in [4.69, 9.17) is 45.9 Å². The van der Waals surface area contributed by atoms with Crippen LogP contribution < -0.4 is 88.4 Å². The molecule has 0 spiro atoms. The fraction of sp³-hybridized carbons (Fsp3) is 0.750. The number of carbonyl (C=O) groups is 14. The molecule has 0 saturated carbocycles. The average Bonchev–Trinajstić information content (AvgIpc) is 1.64. The van der Waals surface area contributed by atoms with E-state index in [2.05, 4.69) is 77.8 Å². The third-order valence-corrected chi connectivity index (χ3v) is 21.8. The van der Waals surface area contributed by atoms with Gasteiger partial charge in [0.05, 0.1) is 24.3 Å². The molecule has 12 amide bonds. The molecular formula is C64H112N22O18S4. The third-order valence-electron chi connectivity index (χ3n) is 18.6. The quantitative estimate of drug-likeness (QED) is 0.00978. The number of aliphatic imine (C=N–C) groups is 2. The highest BCUT2D eigenvalue weighted by molar-refractivity contribution is 8.76. The number of aliphatic hydroxyl groups excluding tert-OH is 2. The zero-order valence-corrected chi connectivity index (χ0v) is 64.4. The molecule has 5 aliphatic rings. The van der Waals surface area contributed by atoms with Gasteiger partial charge in [-0.05, 0) is 143 Å². The first kappa shape index (κ1) is 92.7. The van der Waals surface area contributed by atoms with Crippen LogP contribution >= 0.6 is 46.8 Å². The summed E-state index contributed by atoms with van der Waals surface area (Å²) in [5, 5.41) is 60.4. The van der Waals surface area contributed by atoms with Gasteiger partial charge in [0.2, 0.25) is 70.9 Å². The van der Waals surface area contributed by atoms with Gasteiger partial charge >= 0.3 is 11.9 Å². The minimum atomic E-state index is -1.48. The van der Waals surface area contributed by atoms with Gasteiger partial charge in [-0.2, -0.15) is 25.3 Å². The van der Waals surface area contributed by atoms with Crippen LogP contribution in [0.15, 0.2) is 9.98 Å². The molecule has 108 heavy (non-hydrogen) atoms. The SMILES string of the molecule is C[C@@H](O)[C@@H]1NC(=O)[C@@H](N)CSSC[C@@H](C(=O)O)NC(=O)[C@H](CCCN=C(N)N)NC(=O)[C@@H]2CCCN2C(=O)[C@@H]2CCCN2C(=O)[C@H](CCCCN)NC1=O.C[C@@H](O)[C@H](NC(=O)[C@@H](N)CS)C(=O)N[C@@H](CCCCN)C(=O)N1CCC[C@H]1C(=O)N1CCC[C@H]1C(=O)N[C@@H](CCCN=C(N)N)C(=O)N[C@@H](CS)C(=O)O. The molecule has 16 atom stereocenters. The Balaban J connectivity index is 0.000000456. The number of carboxylic acid groups (broad SMARTS) is 2. The van der Waals surface area contributed by atoms with Crippen LogP contribution in [-0.4, -0.2) is 307 Å². The Morgan fingerprint density at radius 1 is 0.574 bits per heavy atom. The number of hydrogen-bond acceptors (Lipinski definition) is 26. The van der Waals surface area contributed by atoms with Gasteiger partial charge in [-0.1, -0.05) is 21.6 Å². The van der Waals surface area contributed by atoms with Crippen molar-refractivity contribution in [3.8, 4) is 0 Å². The van der Waals surface area contributed by atoms with Gasteiger partial charge in [-0.25, -0.2) is 9.59 Å². The highest BCUT2D eigenvalue weighted by Gasteiger charge is 2.47. The van der Waals surface area contributed by atoms with Gasteiger partial charge in [-0.3, -0.25) is 67.5 Å². The molecule has 40 nitrogen and oxygen atoms in total. The molecule has 5 rings (SSSR count). The van der Waals surface area contributed by atoms with Crippen LogP contribution in [0, 0.1) is 0 Å². The average molecular weight is 1610 g/mol. The summed E-state index contributed by atoms with van der Waals surface area (Å²) >= 11 is 7.96. The van der Waals surface area contributed by atoms with Crippen LogP contribution in [0.3, 0.4) is 0 Å². The van der Waals surface area contributed by atoms with E-state index in [0.717, 1.165) is 21.6 Å². The predicted molar refractivity (Wildman–Crippen MR) is 407 cm³/mol. The molecule has 0 aromatic carbocycles. The molecule has 0 aliphatic carbocycles. The number of aliphatic hydroxyl groups is 2. The van der Waals surface area contributed by atoms with Gasteiger partial charge in [-0.15, -0.1) is 0 Å². The molecule has 0 bridgehead atoms. The standard InChI is InChI=1S/C32H55N11O9S2.C32H57N11O9S2/c1-17(44)24-28(48)39-20(7-2-3-11-33)29(49)43-14-6-10-23(43)30(50)42-13-5-9-22(42)27(47)38-19(8-4-12-37-32(35)36)26(46)40-21(31(51)52)16-54-53-15-18(34)25(45)41-24;1-17(44)24(41-25(45)18(34)15-53)28(48)39-20(7-2-3-11-33)29(49)43-14-6-10-23(43)30(50)42-13-5-9-22(42)27(47)38-19(8-4-12-37-32(35)36)26(46)40-21(16-54)31(51)52/h17-24,44H,2-16,33-34H2,1H3,(H,38,47)(H,39,48)(H,40,46)(H,41,45)(H,51,52)(H4,35,36,37);17-24,44,53-54H,2-16,33-34H2,1H3,(H,38,47)(H,39,48)(H,40,46)(H,41,45)(H,51,52)(H4,35,36,37)/t2*17-,18+,19+,20+,21+,22+,23+,24+/m11/s1. The zero-order valence-electron chi connectivity index (χ0n) is 61.0. The molecule has 0 unspecified atom stereocenters. The second kappa shape index (κ2) is 47.4. The highest BCUT2D eigenvalue weighted by Crippen LogP contribution is 2.29. The van der Waals surface area contributed by atoms with E-state index >= 15 is 0 Å². The van der Waals surface area contributed by atoms with Crippen LogP contribution in [-0.2, 0) is 67.1 Å². The monoisotopic (exact) mass is 1600 g/mol. The lowest BCUT2D eigenvalue weighted by Gasteiger charge is -2.34. The number of carbonyl (C=O) groups excluding carboxylic acids is 12. The number of likely N-dealkylation sites (tertiary alicyclic amines) is 2. The first-order chi connectivity index (χ1) is 51.2. The van der Waals surface area contributed by atoms with E-state index in [1.807, 2.05) is 0 Å². The lowest BCUT2D eigenvalue weighted by Crippen LogP contribution is -2.60. The number of rotatable bonds is 32. The largest absolute Gasteiger partial charge is 0.480 e. The van der Waals surface area contributed by atoms with Crippen LogP contribution in [0.1, 0.15) is 129 Å². The second-order valence-corrected chi connectivity index (χ2v) is 30.2. The Morgan fingerprint density at radius 2 is 1.13 bits per heavy atom. The molecule has 28 N–H and O–H groups in total. The Bertz CT molecular complexity index is 3140. The van der Waals surface area contributed by atoms with Gasteiger partial charge in [0.1, 0.15) is 72.5 Å². The number of carboxylic acids is 2. The Morgan fingerprint density at radius 3 is 1.72 bits per heavy atom. The van der Waals surface area contributed by atoms with Crippen molar-refractivity contribution in [1.29, 1.82) is 0 Å². The second-order valence-electron chi connectivity index (χ2n) is 26.9. The maximum atomic E-state index is 14.1. The van der Waals surface area contributed by atoms with E-state index in [9.17, 15) is 87.5 Å². The Hall–Kier alpha value is -7.72. The number of guanidine groups is 2. The number of thiol groups is 2. The van der Waals surface area contributed by atoms with Crippen LogP contribution in [0.25, 0.3) is 0 Å². The van der Waals surface area contributed by atoms with Crippen molar-refractivity contribution in [3.05, 3.63) is 0 Å². The normalized spacial score (nSPS) is 24.5. The molecule has 0 aromatic heterocycles. The van der Waals surface area contributed by atoms with E-state index in [0.29, 0.717) is 83.7 Å². The summed E-state index contributed by atoms with van der Waals surface area (Å²) in [6, 6.07) is -16.3. The maximum absolute atomic E-state index is 14.1. The van der Waals surface area contributed by atoms with Gasteiger partial charge in [0, 0.05) is 62.3 Å². The number of nitrogens with one attached hydrogen (secondary N) is 8. The van der Waals surface area contributed by atoms with Crippen molar-refractivity contribution in [2.45, 2.75) is 226 Å². The van der Waals surface area contributed by atoms with Gasteiger partial charge in [0.25, 0.3) is 0 Å². The van der Waals surface area contributed by atoms with Crippen molar-refractivity contribution < 1.29 is 87.5 Å². The number of aliphatic carboxylic acids is 2. The molecule has 0 aromatic rings. The summed E-state index contributed by atoms with van der Waals surface area (Å²) in [5.41, 5.74) is 44.7. The summed E-state index contributed by atoms with van der Waals surface area (Å²) in [4.78, 5) is 200. The summed E-state index contributed by atoms with van der Waals surface area (Å²) in [6.45, 7) is 4.39. The topological polar surface area (TPSA) is 662 Å². The van der Waals surface area contributed by atoms with Crippen LogP contribution in [0.2, 0.25) is 0 Å². The molecule has 0 radical (unpaired) electrons. The Kier molecular flexibility index (Phi) is 40.6. The number of fused-ring (bicyclic) bond motifs is 2. The Labute approximate surface area is 645 Å². The fourth-order valence-corrected chi connectivity index (χ4v) is 15.4. The zero-order chi connectivity index (χ0) is 80.5. The van der Waals surface area contributed by atoms with Crippen LogP contribution in [0.5, 0.6) is 0 Å². The van der Waals surface area contributed by atoms with Crippen molar-refractivity contribution in [2.24, 2.45) is 55.9 Å². The molecule has 44 heteroatoms. The summed E-state index contributed by atoms with van der Waals surface area (Å²) in [7, 11) is 2.08. The smallest absolute Gasteiger partial charge is 0.327 e. The van der Waals surface area contributed by atoms with Crippen molar-refractivity contribution >= 4 is 142 Å².